The van der Waals surface area contributed by atoms with Crippen molar-refractivity contribution in [2.24, 2.45) is 5.92 Å². The first-order chi connectivity index (χ1) is 7.97. The van der Waals surface area contributed by atoms with E-state index in [0.717, 1.165) is 5.56 Å². The Bertz CT molecular complexity index is 405. The topological polar surface area (TPSA) is 75.4 Å². The molecule has 1 atom stereocenters. The van der Waals surface area contributed by atoms with E-state index in [4.69, 9.17) is 0 Å². The molecule has 2 N–H and O–H groups in total. The van der Waals surface area contributed by atoms with E-state index in [9.17, 15) is 15.2 Å². The smallest absolute Gasteiger partial charge is 0.292 e. The lowest BCUT2D eigenvalue weighted by molar-refractivity contribution is -0.384. The van der Waals surface area contributed by atoms with Crippen molar-refractivity contribution in [2.45, 2.75) is 26.8 Å². The van der Waals surface area contributed by atoms with Crippen LogP contribution in [0.15, 0.2) is 18.2 Å². The van der Waals surface area contributed by atoms with Crippen LogP contribution in [0.25, 0.3) is 0 Å². The highest BCUT2D eigenvalue weighted by Gasteiger charge is 2.20. The van der Waals surface area contributed by atoms with Gasteiger partial charge in [-0.2, -0.15) is 0 Å². The van der Waals surface area contributed by atoms with Crippen LogP contribution in [-0.4, -0.2) is 22.7 Å². The molecule has 1 unspecified atom stereocenters. The summed E-state index contributed by atoms with van der Waals surface area (Å²) in [7, 11) is 0. The summed E-state index contributed by atoms with van der Waals surface area (Å²) in [5.41, 5.74) is 1.34. The lowest BCUT2D eigenvalue weighted by Gasteiger charge is -2.22. The number of nitrogens with zero attached hydrogens (tertiary/aromatic N) is 1. The van der Waals surface area contributed by atoms with E-state index in [-0.39, 0.29) is 24.3 Å². The third kappa shape index (κ3) is 3.17. The SMILES string of the molecule is Cc1cccc([N+](=O)[O-])c1NC(CO)C(C)C. The van der Waals surface area contributed by atoms with Gasteiger partial charge in [-0.1, -0.05) is 26.0 Å². The summed E-state index contributed by atoms with van der Waals surface area (Å²) in [5.74, 6) is 0.194. The van der Waals surface area contributed by atoms with E-state index < -0.39 is 4.92 Å². The maximum absolute atomic E-state index is 10.9. The van der Waals surface area contributed by atoms with Crippen LogP contribution in [0.3, 0.4) is 0 Å². The number of hydrogen-bond donors (Lipinski definition) is 2. The maximum Gasteiger partial charge on any atom is 0.292 e. The van der Waals surface area contributed by atoms with Crippen LogP contribution in [0.5, 0.6) is 0 Å². The molecule has 0 saturated heterocycles. The van der Waals surface area contributed by atoms with Crippen molar-refractivity contribution in [3.8, 4) is 0 Å². The quantitative estimate of drug-likeness (QED) is 0.609. The van der Waals surface area contributed by atoms with E-state index in [0.29, 0.717) is 5.69 Å². The molecule has 1 aromatic rings. The summed E-state index contributed by atoms with van der Waals surface area (Å²) in [6.07, 6.45) is 0. The minimum absolute atomic E-state index is 0.0455. The molecule has 0 fully saturated rings. The Morgan fingerprint density at radius 3 is 2.59 bits per heavy atom. The normalized spacial score (nSPS) is 12.5. The van der Waals surface area contributed by atoms with Gasteiger partial charge in [-0.05, 0) is 18.4 Å². The highest BCUT2D eigenvalue weighted by Crippen LogP contribution is 2.29. The largest absolute Gasteiger partial charge is 0.394 e. The molecule has 17 heavy (non-hydrogen) atoms. The van der Waals surface area contributed by atoms with Gasteiger partial charge in [0, 0.05) is 6.07 Å². The van der Waals surface area contributed by atoms with Gasteiger partial charge in [-0.25, -0.2) is 0 Å². The number of aliphatic hydroxyl groups is 1. The van der Waals surface area contributed by atoms with Crippen LogP contribution in [0.2, 0.25) is 0 Å². The molecule has 0 aromatic heterocycles. The number of para-hydroxylation sites is 1. The van der Waals surface area contributed by atoms with Gasteiger partial charge in [0.05, 0.1) is 17.6 Å². The average molecular weight is 238 g/mol. The number of anilines is 1. The van der Waals surface area contributed by atoms with Crippen molar-refractivity contribution in [1.82, 2.24) is 0 Å². The van der Waals surface area contributed by atoms with E-state index in [2.05, 4.69) is 5.32 Å². The summed E-state index contributed by atoms with van der Waals surface area (Å²) in [4.78, 5) is 10.5. The van der Waals surface area contributed by atoms with Crippen molar-refractivity contribution < 1.29 is 10.0 Å². The van der Waals surface area contributed by atoms with Crippen molar-refractivity contribution in [3.63, 3.8) is 0 Å². The second-order valence-electron chi connectivity index (χ2n) is 4.40. The molecule has 1 aromatic carbocycles. The summed E-state index contributed by atoms with van der Waals surface area (Å²) >= 11 is 0. The number of nitro groups is 1. The van der Waals surface area contributed by atoms with Gasteiger partial charge in [0.25, 0.3) is 5.69 Å². The predicted octanol–water partition coefficient (Wildman–Crippen LogP) is 2.33. The molecule has 1 rings (SSSR count). The molecule has 0 aliphatic heterocycles. The first kappa shape index (κ1) is 13.4. The van der Waals surface area contributed by atoms with Crippen molar-refractivity contribution in [2.75, 3.05) is 11.9 Å². The van der Waals surface area contributed by atoms with Gasteiger partial charge in [0.1, 0.15) is 5.69 Å². The minimum Gasteiger partial charge on any atom is -0.394 e. The summed E-state index contributed by atoms with van der Waals surface area (Å²) in [6.45, 7) is 5.67. The number of aliphatic hydroxyl groups excluding tert-OH is 1. The Morgan fingerprint density at radius 2 is 2.12 bits per heavy atom. The first-order valence-electron chi connectivity index (χ1n) is 5.58. The highest BCUT2D eigenvalue weighted by atomic mass is 16.6. The summed E-state index contributed by atoms with van der Waals surface area (Å²) in [6, 6.07) is 4.74. The Balaban J connectivity index is 3.07. The summed E-state index contributed by atoms with van der Waals surface area (Å²) < 4.78 is 0. The molecule has 0 saturated carbocycles. The van der Waals surface area contributed by atoms with E-state index >= 15 is 0 Å². The number of aryl methyl sites for hydroxylation is 1. The van der Waals surface area contributed by atoms with Crippen LogP contribution in [-0.2, 0) is 0 Å². The molecular formula is C12H18N2O3. The Kier molecular flexibility index (Phi) is 4.45. The molecule has 0 aliphatic rings. The Hall–Kier alpha value is -1.62. The first-order valence-corrected chi connectivity index (χ1v) is 5.58. The van der Waals surface area contributed by atoms with Crippen LogP contribution in [0.1, 0.15) is 19.4 Å². The lowest BCUT2D eigenvalue weighted by atomic mass is 10.0. The van der Waals surface area contributed by atoms with Gasteiger partial charge in [-0.15, -0.1) is 0 Å². The van der Waals surface area contributed by atoms with Crippen molar-refractivity contribution in [3.05, 3.63) is 33.9 Å². The molecule has 0 aliphatic carbocycles. The Labute approximate surface area is 101 Å². The molecular weight excluding hydrogens is 220 g/mol. The van der Waals surface area contributed by atoms with Crippen molar-refractivity contribution in [1.29, 1.82) is 0 Å². The monoisotopic (exact) mass is 238 g/mol. The average Bonchev–Trinajstić information content (AvgIpc) is 2.26. The zero-order chi connectivity index (χ0) is 13.0. The van der Waals surface area contributed by atoms with Crippen LogP contribution < -0.4 is 5.32 Å². The molecule has 0 heterocycles. The molecule has 0 spiro atoms. The third-order valence-corrected chi connectivity index (χ3v) is 2.78. The third-order valence-electron chi connectivity index (χ3n) is 2.78. The lowest BCUT2D eigenvalue weighted by Crippen LogP contribution is -2.30. The second-order valence-corrected chi connectivity index (χ2v) is 4.40. The van der Waals surface area contributed by atoms with Gasteiger partial charge in [-0.3, -0.25) is 10.1 Å². The molecule has 94 valence electrons. The second kappa shape index (κ2) is 5.63. The zero-order valence-electron chi connectivity index (χ0n) is 10.3. The van der Waals surface area contributed by atoms with Gasteiger partial charge >= 0.3 is 0 Å². The number of nitrogens with one attached hydrogen (secondary N) is 1. The van der Waals surface area contributed by atoms with Crippen LogP contribution >= 0.6 is 0 Å². The van der Waals surface area contributed by atoms with Gasteiger partial charge < -0.3 is 10.4 Å². The number of nitro benzene ring substituents is 1. The highest BCUT2D eigenvalue weighted by molar-refractivity contribution is 5.66. The zero-order valence-corrected chi connectivity index (χ0v) is 10.3. The Morgan fingerprint density at radius 1 is 1.47 bits per heavy atom. The van der Waals surface area contributed by atoms with Gasteiger partial charge in [0.2, 0.25) is 0 Å². The van der Waals surface area contributed by atoms with E-state index in [1.54, 1.807) is 6.07 Å². The maximum atomic E-state index is 10.9. The van der Waals surface area contributed by atoms with Crippen molar-refractivity contribution >= 4 is 11.4 Å². The number of benzene rings is 1. The standard InChI is InChI=1S/C12H18N2O3/c1-8(2)10(7-15)13-12-9(3)5-4-6-11(12)14(16)17/h4-6,8,10,13,15H,7H2,1-3H3. The predicted molar refractivity (Wildman–Crippen MR) is 67.2 cm³/mol. The fraction of sp³-hybridized carbons (Fsp3) is 0.500. The molecule has 5 nitrogen and oxygen atoms in total. The number of hydrogen-bond acceptors (Lipinski definition) is 4. The molecule has 5 heteroatoms. The fourth-order valence-corrected chi connectivity index (χ4v) is 1.60. The molecule has 0 amide bonds. The van der Waals surface area contributed by atoms with E-state index in [1.165, 1.54) is 6.07 Å². The molecule has 0 bridgehead atoms. The number of rotatable bonds is 5. The van der Waals surface area contributed by atoms with E-state index in [1.807, 2.05) is 26.8 Å². The fourth-order valence-electron chi connectivity index (χ4n) is 1.60. The van der Waals surface area contributed by atoms with Gasteiger partial charge in [0.15, 0.2) is 0 Å². The molecule has 0 radical (unpaired) electrons. The summed E-state index contributed by atoms with van der Waals surface area (Å²) in [5, 5.41) is 23.2. The van der Waals surface area contributed by atoms with Crippen LogP contribution in [0, 0.1) is 23.0 Å². The minimum atomic E-state index is -0.413. The van der Waals surface area contributed by atoms with Crippen LogP contribution in [0.4, 0.5) is 11.4 Å².